The summed E-state index contributed by atoms with van der Waals surface area (Å²) < 4.78 is 0. The van der Waals surface area contributed by atoms with Crippen LogP contribution in [0.15, 0.2) is 48.5 Å². The molecule has 0 radical (unpaired) electrons. The normalized spacial score (nSPS) is 25.7. The number of hydrogen-bond acceptors (Lipinski definition) is 4. The molecule has 1 saturated heterocycles. The van der Waals surface area contributed by atoms with Gasteiger partial charge in [-0.3, -0.25) is 4.79 Å². The molecular formula is C24H31Cl2N3O2. The molecule has 0 aliphatic carbocycles. The van der Waals surface area contributed by atoms with Crippen LogP contribution in [0, 0.1) is 5.92 Å². The predicted molar refractivity (Wildman–Crippen MR) is 126 cm³/mol. The van der Waals surface area contributed by atoms with E-state index in [1.807, 2.05) is 48.5 Å². The van der Waals surface area contributed by atoms with Gasteiger partial charge in [-0.15, -0.1) is 0 Å². The van der Waals surface area contributed by atoms with Crippen molar-refractivity contribution in [1.82, 2.24) is 10.6 Å². The number of aliphatic hydroxyl groups excluding tert-OH is 1. The molecule has 1 fully saturated rings. The second-order valence-corrected chi connectivity index (χ2v) is 9.54. The molecule has 0 aromatic heterocycles. The van der Waals surface area contributed by atoms with Crippen molar-refractivity contribution in [1.29, 1.82) is 0 Å². The van der Waals surface area contributed by atoms with Crippen molar-refractivity contribution in [3.8, 4) is 0 Å². The fourth-order valence-corrected chi connectivity index (χ4v) is 4.92. The van der Waals surface area contributed by atoms with Gasteiger partial charge in [-0.2, -0.15) is 0 Å². The summed E-state index contributed by atoms with van der Waals surface area (Å²) in [5.41, 5.74) is 8.25. The summed E-state index contributed by atoms with van der Waals surface area (Å²) >= 11 is 12.5. The molecule has 4 atom stereocenters. The van der Waals surface area contributed by atoms with Crippen LogP contribution >= 0.6 is 23.2 Å². The van der Waals surface area contributed by atoms with Crippen molar-refractivity contribution in [2.75, 3.05) is 13.2 Å². The summed E-state index contributed by atoms with van der Waals surface area (Å²) in [7, 11) is 0. The molecule has 5 nitrogen and oxygen atoms in total. The molecule has 1 heterocycles. The molecule has 4 unspecified atom stereocenters. The van der Waals surface area contributed by atoms with E-state index in [1.54, 1.807) is 0 Å². The predicted octanol–water partition coefficient (Wildman–Crippen LogP) is 3.82. The summed E-state index contributed by atoms with van der Waals surface area (Å²) in [6.07, 6.45) is 1.30. The van der Waals surface area contributed by atoms with Gasteiger partial charge in [0.25, 0.3) is 0 Å². The quantitative estimate of drug-likeness (QED) is 0.448. The highest BCUT2D eigenvalue weighted by molar-refractivity contribution is 6.30. The molecule has 5 N–H and O–H groups in total. The molecule has 0 bridgehead atoms. The van der Waals surface area contributed by atoms with Crippen LogP contribution in [0.2, 0.25) is 10.0 Å². The summed E-state index contributed by atoms with van der Waals surface area (Å²) in [6, 6.07) is 14.4. The Bertz CT molecular complexity index is 891. The van der Waals surface area contributed by atoms with E-state index in [-0.39, 0.29) is 24.5 Å². The van der Waals surface area contributed by atoms with Gasteiger partial charge in [-0.25, -0.2) is 0 Å². The highest BCUT2D eigenvalue weighted by Crippen LogP contribution is 2.47. The number of carbonyl (C=O) groups excluding carboxylic acids is 1. The van der Waals surface area contributed by atoms with Gasteiger partial charge in [-0.05, 0) is 54.2 Å². The maximum atomic E-state index is 13.2. The van der Waals surface area contributed by atoms with Crippen LogP contribution < -0.4 is 16.4 Å². The first-order valence-corrected chi connectivity index (χ1v) is 11.5. The van der Waals surface area contributed by atoms with Gasteiger partial charge in [0, 0.05) is 35.2 Å². The van der Waals surface area contributed by atoms with Crippen LogP contribution in [-0.4, -0.2) is 36.2 Å². The number of hydrogen-bond donors (Lipinski definition) is 4. The van der Waals surface area contributed by atoms with E-state index in [4.69, 9.17) is 34.0 Å². The molecule has 0 spiro atoms. The van der Waals surface area contributed by atoms with Crippen LogP contribution in [0.3, 0.4) is 0 Å². The molecule has 31 heavy (non-hydrogen) atoms. The smallest absolute Gasteiger partial charge is 0.237 e. The van der Waals surface area contributed by atoms with E-state index >= 15 is 0 Å². The minimum absolute atomic E-state index is 0.0255. The average Bonchev–Trinajstić information content (AvgIpc) is 3.01. The van der Waals surface area contributed by atoms with E-state index in [2.05, 4.69) is 24.5 Å². The Hall–Kier alpha value is -1.63. The fraction of sp³-hybridized carbons (Fsp3) is 0.458. The highest BCUT2D eigenvalue weighted by atomic mass is 35.5. The van der Waals surface area contributed by atoms with Gasteiger partial charge in [0.2, 0.25) is 5.91 Å². The molecule has 1 aliphatic rings. The van der Waals surface area contributed by atoms with Crippen molar-refractivity contribution in [2.45, 2.75) is 50.2 Å². The molecule has 0 saturated carbocycles. The minimum atomic E-state index is -0.849. The Morgan fingerprint density at radius 3 is 2.52 bits per heavy atom. The fourth-order valence-electron chi connectivity index (χ4n) is 4.59. The number of halogens is 2. The topological polar surface area (TPSA) is 87.4 Å². The molecule has 1 amide bonds. The zero-order chi connectivity index (χ0) is 22.6. The molecule has 7 heteroatoms. The van der Waals surface area contributed by atoms with Gasteiger partial charge < -0.3 is 21.5 Å². The highest BCUT2D eigenvalue weighted by Gasteiger charge is 2.56. The molecular weight excluding hydrogens is 433 g/mol. The zero-order valence-corrected chi connectivity index (χ0v) is 19.5. The number of nitrogens with two attached hydrogens (primary N) is 1. The first-order chi connectivity index (χ1) is 14.8. The monoisotopic (exact) mass is 463 g/mol. The summed E-state index contributed by atoms with van der Waals surface area (Å²) in [4.78, 5) is 13.2. The van der Waals surface area contributed by atoms with Crippen molar-refractivity contribution >= 4 is 29.1 Å². The lowest BCUT2D eigenvalue weighted by Crippen LogP contribution is -2.51. The Morgan fingerprint density at radius 2 is 1.90 bits per heavy atom. The maximum absolute atomic E-state index is 13.2. The van der Waals surface area contributed by atoms with E-state index < -0.39 is 11.6 Å². The van der Waals surface area contributed by atoms with Crippen molar-refractivity contribution in [3.63, 3.8) is 0 Å². The number of carbonyl (C=O) groups is 1. The number of aliphatic hydroxyl groups is 1. The molecule has 2 aromatic carbocycles. The lowest BCUT2D eigenvalue weighted by Gasteiger charge is -2.38. The first-order valence-electron chi connectivity index (χ1n) is 10.7. The molecule has 2 aromatic rings. The van der Waals surface area contributed by atoms with Gasteiger partial charge in [0.05, 0.1) is 11.6 Å². The van der Waals surface area contributed by atoms with Crippen LogP contribution in [0.5, 0.6) is 0 Å². The van der Waals surface area contributed by atoms with E-state index in [0.717, 1.165) is 17.5 Å². The van der Waals surface area contributed by atoms with Gasteiger partial charge in [-0.1, -0.05) is 61.3 Å². The van der Waals surface area contributed by atoms with E-state index in [9.17, 15) is 4.79 Å². The third-order valence-corrected chi connectivity index (χ3v) is 6.47. The minimum Gasteiger partial charge on any atom is -0.396 e. The third-order valence-electron chi connectivity index (χ3n) is 5.98. The standard InChI is InChI=1S/C24H31Cl2N3O2/c1-15(2)13-20-24(27,17-7-9-18(25)10-8-17)21(16-5-3-6-19(26)14-16)22(29-20)23(31)28-11-4-12-30/h3,5-10,14-15,20-22,29-30H,4,11-13,27H2,1-2H3,(H,28,31). The number of nitrogens with one attached hydrogen (secondary N) is 2. The third kappa shape index (κ3) is 5.24. The largest absolute Gasteiger partial charge is 0.396 e. The Balaban J connectivity index is 2.11. The van der Waals surface area contributed by atoms with Gasteiger partial charge >= 0.3 is 0 Å². The Morgan fingerprint density at radius 1 is 1.19 bits per heavy atom. The summed E-state index contributed by atoms with van der Waals surface area (Å²) in [5.74, 6) is -0.0948. The summed E-state index contributed by atoms with van der Waals surface area (Å²) in [6.45, 7) is 4.72. The zero-order valence-electron chi connectivity index (χ0n) is 17.9. The summed E-state index contributed by atoms with van der Waals surface area (Å²) in [5, 5.41) is 16.8. The van der Waals surface area contributed by atoms with E-state index in [0.29, 0.717) is 28.9 Å². The lowest BCUT2D eigenvalue weighted by atomic mass is 9.70. The number of amides is 1. The van der Waals surface area contributed by atoms with Crippen molar-refractivity contribution < 1.29 is 9.90 Å². The van der Waals surface area contributed by atoms with Gasteiger partial charge in [0.1, 0.15) is 0 Å². The first kappa shape index (κ1) is 24.0. The Labute approximate surface area is 194 Å². The molecule has 168 valence electrons. The second kappa shape index (κ2) is 10.3. The van der Waals surface area contributed by atoms with Gasteiger partial charge in [0.15, 0.2) is 0 Å². The average molecular weight is 464 g/mol. The Kier molecular flexibility index (Phi) is 8.00. The van der Waals surface area contributed by atoms with Crippen LogP contribution in [0.25, 0.3) is 0 Å². The van der Waals surface area contributed by atoms with Crippen molar-refractivity contribution in [2.24, 2.45) is 11.7 Å². The van der Waals surface area contributed by atoms with Crippen LogP contribution in [0.4, 0.5) is 0 Å². The van der Waals surface area contributed by atoms with E-state index in [1.165, 1.54) is 0 Å². The molecule has 1 aliphatic heterocycles. The van der Waals surface area contributed by atoms with Crippen LogP contribution in [-0.2, 0) is 10.3 Å². The SMILES string of the molecule is CC(C)CC1NC(C(=O)NCCCO)C(c2cccc(Cl)c2)C1(N)c1ccc(Cl)cc1. The number of rotatable bonds is 8. The maximum Gasteiger partial charge on any atom is 0.237 e. The number of benzene rings is 2. The second-order valence-electron chi connectivity index (χ2n) is 8.67. The molecule has 3 rings (SSSR count). The lowest BCUT2D eigenvalue weighted by molar-refractivity contribution is -0.123. The van der Waals surface area contributed by atoms with Crippen molar-refractivity contribution in [3.05, 3.63) is 69.7 Å². The van der Waals surface area contributed by atoms with Crippen LogP contribution in [0.1, 0.15) is 43.7 Å².